The summed E-state index contributed by atoms with van der Waals surface area (Å²) in [5, 5.41) is 9.21. The molecule has 84 valence electrons. The highest BCUT2D eigenvalue weighted by Gasteiger charge is 2.41. The number of nitriles is 1. The van der Waals surface area contributed by atoms with Crippen LogP contribution < -0.4 is 4.74 Å². The van der Waals surface area contributed by atoms with Crippen LogP contribution in [0.15, 0.2) is 12.1 Å². The first-order chi connectivity index (χ1) is 7.63. The topological polar surface area (TPSA) is 33.0 Å². The van der Waals surface area contributed by atoms with Crippen LogP contribution in [0, 0.1) is 24.1 Å². The molecule has 1 aliphatic carbocycles. The van der Waals surface area contributed by atoms with E-state index in [1.807, 2.05) is 0 Å². The van der Waals surface area contributed by atoms with Gasteiger partial charge in [0.2, 0.25) is 0 Å². The first-order valence-electron chi connectivity index (χ1n) is 5.39. The van der Waals surface area contributed by atoms with Gasteiger partial charge in [-0.2, -0.15) is 5.26 Å². The van der Waals surface area contributed by atoms with Gasteiger partial charge < -0.3 is 4.74 Å². The van der Waals surface area contributed by atoms with Crippen molar-refractivity contribution in [1.82, 2.24) is 0 Å². The number of hydrogen-bond donors (Lipinski definition) is 0. The fourth-order valence-electron chi connectivity index (χ4n) is 2.17. The standard InChI is InChI=1S/C13H14FNO/c1-9-6-10(16-2)7-11(12(9)14)13(8-15)4-3-5-13/h6-7H,3-5H2,1-2H3. The van der Waals surface area contributed by atoms with Crippen molar-refractivity contribution in [2.75, 3.05) is 7.11 Å². The van der Waals surface area contributed by atoms with Gasteiger partial charge in [0.1, 0.15) is 11.6 Å². The zero-order chi connectivity index (χ0) is 11.8. The third kappa shape index (κ3) is 1.46. The zero-order valence-corrected chi connectivity index (χ0v) is 9.51. The van der Waals surface area contributed by atoms with Gasteiger partial charge in [-0.25, -0.2) is 4.39 Å². The molecule has 0 heterocycles. The average Bonchev–Trinajstić information content (AvgIpc) is 2.23. The Balaban J connectivity index is 2.55. The van der Waals surface area contributed by atoms with Crippen LogP contribution in [-0.2, 0) is 5.41 Å². The molecule has 0 saturated heterocycles. The van der Waals surface area contributed by atoms with Crippen molar-refractivity contribution in [3.05, 3.63) is 29.1 Å². The van der Waals surface area contributed by atoms with Gasteiger partial charge in [0.15, 0.2) is 0 Å². The van der Waals surface area contributed by atoms with Crippen LogP contribution in [0.4, 0.5) is 4.39 Å². The molecule has 1 aliphatic rings. The van der Waals surface area contributed by atoms with Gasteiger partial charge in [0.25, 0.3) is 0 Å². The number of nitrogens with zero attached hydrogens (tertiary/aromatic N) is 1. The average molecular weight is 219 g/mol. The molecule has 0 atom stereocenters. The highest BCUT2D eigenvalue weighted by molar-refractivity contribution is 5.44. The molecule has 2 nitrogen and oxygen atoms in total. The second-order valence-corrected chi connectivity index (χ2v) is 4.35. The largest absolute Gasteiger partial charge is 0.497 e. The number of ether oxygens (including phenoxy) is 1. The SMILES string of the molecule is COc1cc(C)c(F)c(C2(C#N)CCC2)c1. The van der Waals surface area contributed by atoms with Crippen LogP contribution in [0.1, 0.15) is 30.4 Å². The Hall–Kier alpha value is -1.56. The van der Waals surface area contributed by atoms with Crippen molar-refractivity contribution >= 4 is 0 Å². The molecular formula is C13H14FNO. The molecule has 0 aliphatic heterocycles. The molecule has 0 spiro atoms. The maximum absolute atomic E-state index is 14.0. The van der Waals surface area contributed by atoms with Gasteiger partial charge in [-0.15, -0.1) is 0 Å². The number of benzene rings is 1. The second-order valence-electron chi connectivity index (χ2n) is 4.35. The van der Waals surface area contributed by atoms with E-state index in [0.717, 1.165) is 19.3 Å². The minimum atomic E-state index is -0.622. The molecular weight excluding hydrogens is 205 g/mol. The Bertz CT molecular complexity index is 458. The van der Waals surface area contributed by atoms with Crippen molar-refractivity contribution in [2.24, 2.45) is 0 Å². The Labute approximate surface area is 94.7 Å². The van der Waals surface area contributed by atoms with E-state index in [2.05, 4.69) is 6.07 Å². The summed E-state index contributed by atoms with van der Waals surface area (Å²) in [6.07, 6.45) is 2.48. The van der Waals surface area contributed by atoms with E-state index < -0.39 is 5.41 Å². The third-order valence-electron chi connectivity index (χ3n) is 3.40. The van der Waals surface area contributed by atoms with Crippen LogP contribution >= 0.6 is 0 Å². The summed E-state index contributed by atoms with van der Waals surface area (Å²) >= 11 is 0. The van der Waals surface area contributed by atoms with Crippen molar-refractivity contribution in [1.29, 1.82) is 5.26 Å². The zero-order valence-electron chi connectivity index (χ0n) is 9.51. The van der Waals surface area contributed by atoms with Gasteiger partial charge >= 0.3 is 0 Å². The number of methoxy groups -OCH3 is 1. The lowest BCUT2D eigenvalue weighted by Gasteiger charge is -2.36. The van der Waals surface area contributed by atoms with Crippen LogP contribution in [0.2, 0.25) is 0 Å². The second kappa shape index (κ2) is 3.79. The summed E-state index contributed by atoms with van der Waals surface area (Å²) < 4.78 is 19.1. The van der Waals surface area contributed by atoms with Gasteiger partial charge in [0.05, 0.1) is 18.6 Å². The van der Waals surface area contributed by atoms with Crippen molar-refractivity contribution < 1.29 is 9.13 Å². The molecule has 3 heteroatoms. The Morgan fingerprint density at radius 3 is 2.56 bits per heavy atom. The van der Waals surface area contributed by atoms with E-state index in [1.165, 1.54) is 0 Å². The molecule has 0 amide bonds. The Morgan fingerprint density at radius 2 is 2.12 bits per heavy atom. The molecule has 0 aromatic heterocycles. The number of aryl methyl sites for hydroxylation is 1. The maximum atomic E-state index is 14.0. The lowest BCUT2D eigenvalue weighted by molar-refractivity contribution is 0.310. The number of rotatable bonds is 2. The summed E-state index contributed by atoms with van der Waals surface area (Å²) in [5.41, 5.74) is 0.414. The highest BCUT2D eigenvalue weighted by atomic mass is 19.1. The highest BCUT2D eigenvalue weighted by Crippen LogP contribution is 2.45. The summed E-state index contributed by atoms with van der Waals surface area (Å²) in [6.45, 7) is 1.70. The van der Waals surface area contributed by atoms with Crippen LogP contribution in [0.25, 0.3) is 0 Å². The van der Waals surface area contributed by atoms with E-state index in [0.29, 0.717) is 16.9 Å². The van der Waals surface area contributed by atoms with Crippen LogP contribution in [-0.4, -0.2) is 7.11 Å². The fourth-order valence-corrected chi connectivity index (χ4v) is 2.17. The van der Waals surface area contributed by atoms with Crippen LogP contribution in [0.5, 0.6) is 5.75 Å². The quantitative estimate of drug-likeness (QED) is 0.765. The molecule has 16 heavy (non-hydrogen) atoms. The van der Waals surface area contributed by atoms with Crippen molar-refractivity contribution in [3.63, 3.8) is 0 Å². The smallest absolute Gasteiger partial charge is 0.131 e. The fraction of sp³-hybridized carbons (Fsp3) is 0.462. The molecule has 0 bridgehead atoms. The molecule has 1 saturated carbocycles. The molecule has 0 N–H and O–H groups in total. The summed E-state index contributed by atoms with van der Waals surface area (Å²) in [4.78, 5) is 0. The summed E-state index contributed by atoms with van der Waals surface area (Å²) in [7, 11) is 1.55. The lowest BCUT2D eigenvalue weighted by Crippen LogP contribution is -2.33. The molecule has 1 aromatic carbocycles. The molecule has 2 rings (SSSR count). The first-order valence-corrected chi connectivity index (χ1v) is 5.39. The van der Waals surface area contributed by atoms with E-state index in [1.54, 1.807) is 26.2 Å². The first kappa shape index (κ1) is 10.9. The summed E-state index contributed by atoms with van der Waals surface area (Å²) in [6, 6.07) is 5.57. The van der Waals surface area contributed by atoms with Gasteiger partial charge in [-0.1, -0.05) is 0 Å². The van der Waals surface area contributed by atoms with Crippen LogP contribution in [0.3, 0.4) is 0 Å². The minimum Gasteiger partial charge on any atom is -0.497 e. The minimum absolute atomic E-state index is 0.262. The predicted molar refractivity (Wildman–Crippen MR) is 58.8 cm³/mol. The molecule has 0 radical (unpaired) electrons. The van der Waals surface area contributed by atoms with Crippen molar-refractivity contribution in [3.8, 4) is 11.8 Å². The van der Waals surface area contributed by atoms with E-state index in [9.17, 15) is 9.65 Å². The predicted octanol–water partition coefficient (Wildman–Crippen LogP) is 3.09. The van der Waals surface area contributed by atoms with Gasteiger partial charge in [-0.3, -0.25) is 0 Å². The Kier molecular flexibility index (Phi) is 2.59. The lowest BCUT2D eigenvalue weighted by atomic mass is 9.65. The van der Waals surface area contributed by atoms with Gasteiger partial charge in [0, 0.05) is 5.56 Å². The van der Waals surface area contributed by atoms with E-state index in [4.69, 9.17) is 4.74 Å². The molecule has 1 aromatic rings. The molecule has 1 fully saturated rings. The van der Waals surface area contributed by atoms with E-state index in [-0.39, 0.29) is 5.82 Å². The van der Waals surface area contributed by atoms with E-state index >= 15 is 0 Å². The maximum Gasteiger partial charge on any atom is 0.131 e. The normalized spacial score (nSPS) is 17.4. The molecule has 0 unspecified atom stereocenters. The monoisotopic (exact) mass is 219 g/mol. The van der Waals surface area contributed by atoms with Gasteiger partial charge in [-0.05, 0) is 43.9 Å². The summed E-state index contributed by atoms with van der Waals surface area (Å²) in [5.74, 6) is 0.359. The third-order valence-corrected chi connectivity index (χ3v) is 3.40. The Morgan fingerprint density at radius 1 is 1.44 bits per heavy atom. The van der Waals surface area contributed by atoms with Crippen molar-refractivity contribution in [2.45, 2.75) is 31.6 Å². The number of halogens is 1. The number of hydrogen-bond acceptors (Lipinski definition) is 2.